The summed E-state index contributed by atoms with van der Waals surface area (Å²) in [5.41, 5.74) is 2.18. The number of halogens is 2. The van der Waals surface area contributed by atoms with Gasteiger partial charge in [-0.2, -0.15) is 0 Å². The van der Waals surface area contributed by atoms with Crippen molar-refractivity contribution in [2.24, 2.45) is 35.5 Å². The van der Waals surface area contributed by atoms with Gasteiger partial charge < -0.3 is 5.32 Å². The molecule has 1 saturated heterocycles. The van der Waals surface area contributed by atoms with Gasteiger partial charge in [0.1, 0.15) is 6.04 Å². The molecule has 2 aromatic rings. The largest absolute Gasteiger partial charge is 0.324 e. The molecule has 34 heavy (non-hydrogen) atoms. The van der Waals surface area contributed by atoms with Crippen molar-refractivity contribution in [2.75, 3.05) is 5.32 Å². The third kappa shape index (κ3) is 3.29. The fourth-order valence-electron chi connectivity index (χ4n) is 6.43. The topological polar surface area (TPSA) is 66.5 Å². The SMILES string of the molecule is Cc1c(NC(=O)[C@H](Cc2ccccc2)N2C(=O)[C@@H]3[C@H]4C=C[C@@H]([C@@H]5C[C@@H]45)[C@@H]3C2=O)ccc(Br)c1Cl. The molecule has 7 rings (SSSR count). The van der Waals surface area contributed by atoms with Gasteiger partial charge in [-0.15, -0.1) is 0 Å². The molecule has 0 radical (unpaired) electrons. The minimum absolute atomic E-state index is 0.120. The number of carbonyl (C=O) groups is 3. The van der Waals surface area contributed by atoms with Crippen molar-refractivity contribution in [3.63, 3.8) is 0 Å². The number of imide groups is 1. The molecule has 2 saturated carbocycles. The van der Waals surface area contributed by atoms with Crippen LogP contribution in [0.3, 0.4) is 0 Å². The highest BCUT2D eigenvalue weighted by atomic mass is 79.9. The number of nitrogens with zero attached hydrogens (tertiary/aromatic N) is 1. The highest BCUT2D eigenvalue weighted by Crippen LogP contribution is 2.65. The first-order valence-corrected chi connectivity index (χ1v) is 12.9. The minimum atomic E-state index is -0.925. The van der Waals surface area contributed by atoms with E-state index in [1.165, 1.54) is 4.90 Å². The molecule has 3 amide bonds. The average molecular weight is 540 g/mol. The standard InChI is InChI=1S/C27H24BrClN2O3/c1-13-20(10-9-19(28)24(13)29)30-25(32)21(11-14-5-3-2-4-6-14)31-26(33)22-15-7-8-16(18-12-17(15)18)23(22)27(31)34/h2-10,15-18,21-23H,11-12H2,1H3,(H,30,32)/t15-,16-,17-,18-,21-,22-,23+/m0/s1. The predicted octanol–water partition coefficient (Wildman–Crippen LogP) is 5.01. The maximum atomic E-state index is 13.7. The lowest BCUT2D eigenvalue weighted by Gasteiger charge is -2.37. The van der Waals surface area contributed by atoms with Crippen LogP contribution in [0.2, 0.25) is 5.02 Å². The Morgan fingerprint density at radius 2 is 1.68 bits per heavy atom. The molecule has 174 valence electrons. The van der Waals surface area contributed by atoms with Crippen LogP contribution in [-0.2, 0) is 20.8 Å². The number of hydrogen-bond acceptors (Lipinski definition) is 3. The first kappa shape index (κ1) is 22.1. The molecule has 4 aliphatic carbocycles. The van der Waals surface area contributed by atoms with E-state index in [0.717, 1.165) is 22.0 Å². The second-order valence-corrected chi connectivity index (χ2v) is 11.2. The fourth-order valence-corrected chi connectivity index (χ4v) is 7.02. The zero-order chi connectivity index (χ0) is 23.7. The van der Waals surface area contributed by atoms with E-state index in [1.807, 2.05) is 37.3 Å². The average Bonchev–Trinajstić information content (AvgIpc) is 3.62. The predicted molar refractivity (Wildman–Crippen MR) is 133 cm³/mol. The number of likely N-dealkylation sites (tertiary alicyclic amines) is 1. The first-order chi connectivity index (χ1) is 16.4. The van der Waals surface area contributed by atoms with Crippen molar-refractivity contribution in [1.82, 2.24) is 4.90 Å². The number of anilines is 1. The highest BCUT2D eigenvalue weighted by Gasteiger charge is 2.67. The Morgan fingerprint density at radius 3 is 2.29 bits per heavy atom. The molecule has 1 N–H and O–H groups in total. The summed E-state index contributed by atoms with van der Waals surface area (Å²) in [6.45, 7) is 1.82. The van der Waals surface area contributed by atoms with Crippen LogP contribution in [0, 0.1) is 42.4 Å². The highest BCUT2D eigenvalue weighted by molar-refractivity contribution is 9.10. The Kier molecular flexibility index (Phi) is 5.23. The zero-order valence-electron chi connectivity index (χ0n) is 18.6. The monoisotopic (exact) mass is 538 g/mol. The van der Waals surface area contributed by atoms with E-state index < -0.39 is 6.04 Å². The summed E-state index contributed by atoms with van der Waals surface area (Å²) in [5, 5.41) is 3.46. The molecule has 3 fully saturated rings. The molecule has 5 aliphatic rings. The quantitative estimate of drug-likeness (QED) is 0.429. The lowest BCUT2D eigenvalue weighted by Crippen LogP contribution is -2.49. The van der Waals surface area contributed by atoms with Crippen LogP contribution in [0.25, 0.3) is 0 Å². The molecule has 0 aromatic heterocycles. The van der Waals surface area contributed by atoms with Gasteiger partial charge in [-0.25, -0.2) is 0 Å². The molecule has 5 nitrogen and oxygen atoms in total. The molecular weight excluding hydrogens is 516 g/mol. The molecule has 2 bridgehead atoms. The van der Waals surface area contributed by atoms with E-state index in [2.05, 4.69) is 33.4 Å². The van der Waals surface area contributed by atoms with Crippen LogP contribution in [0.4, 0.5) is 5.69 Å². The summed E-state index contributed by atoms with van der Waals surface area (Å²) < 4.78 is 0.737. The Labute approximate surface area is 211 Å². The van der Waals surface area contributed by atoms with Crippen LogP contribution < -0.4 is 5.32 Å². The number of carbonyl (C=O) groups excluding carboxylic acids is 3. The summed E-state index contributed by atoms with van der Waals surface area (Å²) in [6, 6.07) is 12.2. The van der Waals surface area contributed by atoms with Crippen LogP contribution in [0.1, 0.15) is 17.5 Å². The van der Waals surface area contributed by atoms with Crippen molar-refractivity contribution in [3.05, 3.63) is 75.2 Å². The van der Waals surface area contributed by atoms with Gasteiger partial charge in [-0.3, -0.25) is 19.3 Å². The van der Waals surface area contributed by atoms with Gasteiger partial charge in [-0.1, -0.05) is 54.1 Å². The van der Waals surface area contributed by atoms with Crippen LogP contribution in [0.5, 0.6) is 0 Å². The molecule has 7 atom stereocenters. The van der Waals surface area contributed by atoms with E-state index in [9.17, 15) is 14.4 Å². The van der Waals surface area contributed by atoms with Crippen LogP contribution >= 0.6 is 27.5 Å². The van der Waals surface area contributed by atoms with E-state index in [1.54, 1.807) is 12.1 Å². The Balaban J connectivity index is 1.34. The molecule has 1 heterocycles. The number of amides is 3. The smallest absolute Gasteiger partial charge is 0.248 e. The van der Waals surface area contributed by atoms with Crippen molar-refractivity contribution in [3.8, 4) is 0 Å². The third-order valence-electron chi connectivity index (χ3n) is 8.18. The normalized spacial score (nSPS) is 31.3. The lowest BCUT2D eigenvalue weighted by molar-refractivity contribution is -0.146. The van der Waals surface area contributed by atoms with E-state index in [0.29, 0.717) is 22.5 Å². The number of nitrogens with one attached hydrogen (secondary N) is 1. The molecule has 0 unspecified atom stereocenters. The molecule has 1 aliphatic heterocycles. The Bertz CT molecular complexity index is 1210. The van der Waals surface area contributed by atoms with Gasteiger partial charge >= 0.3 is 0 Å². The Hall–Kier alpha value is -2.44. The van der Waals surface area contributed by atoms with Gasteiger partial charge in [0.2, 0.25) is 17.7 Å². The van der Waals surface area contributed by atoms with Crippen molar-refractivity contribution in [2.45, 2.75) is 25.8 Å². The molecule has 0 spiro atoms. The summed E-state index contributed by atoms with van der Waals surface area (Å²) in [5.74, 6) is -0.158. The Morgan fingerprint density at radius 1 is 1.06 bits per heavy atom. The van der Waals surface area contributed by atoms with Crippen LogP contribution in [-0.4, -0.2) is 28.7 Å². The van der Waals surface area contributed by atoms with E-state index in [-0.39, 0.29) is 47.8 Å². The maximum absolute atomic E-state index is 13.7. The summed E-state index contributed by atoms with van der Waals surface area (Å²) in [7, 11) is 0. The third-order valence-corrected chi connectivity index (χ3v) is 9.56. The second-order valence-electron chi connectivity index (χ2n) is 9.93. The molecule has 7 heteroatoms. The van der Waals surface area contributed by atoms with Gasteiger partial charge in [0, 0.05) is 16.6 Å². The van der Waals surface area contributed by atoms with Crippen molar-refractivity contribution in [1.29, 1.82) is 0 Å². The first-order valence-electron chi connectivity index (χ1n) is 11.7. The summed E-state index contributed by atoms with van der Waals surface area (Å²) >= 11 is 9.77. The zero-order valence-corrected chi connectivity index (χ0v) is 20.9. The van der Waals surface area contributed by atoms with Gasteiger partial charge in [0.25, 0.3) is 0 Å². The fraction of sp³-hybridized carbons (Fsp3) is 0.370. The number of rotatable bonds is 5. The number of hydrogen-bond donors (Lipinski definition) is 1. The van der Waals surface area contributed by atoms with Gasteiger partial charge in [0.15, 0.2) is 0 Å². The number of benzene rings is 2. The lowest BCUT2D eigenvalue weighted by atomic mass is 9.63. The molecule has 2 aromatic carbocycles. The molecular formula is C27H24BrClN2O3. The minimum Gasteiger partial charge on any atom is -0.324 e. The van der Waals surface area contributed by atoms with Crippen molar-refractivity contribution < 1.29 is 14.4 Å². The van der Waals surface area contributed by atoms with Crippen molar-refractivity contribution >= 4 is 50.9 Å². The number of allylic oxidation sites excluding steroid dienone is 2. The maximum Gasteiger partial charge on any atom is 0.248 e. The van der Waals surface area contributed by atoms with E-state index >= 15 is 0 Å². The summed E-state index contributed by atoms with van der Waals surface area (Å²) in [6.07, 6.45) is 5.66. The van der Waals surface area contributed by atoms with E-state index in [4.69, 9.17) is 11.6 Å². The van der Waals surface area contributed by atoms with Gasteiger partial charge in [0.05, 0.1) is 16.9 Å². The van der Waals surface area contributed by atoms with Crippen LogP contribution in [0.15, 0.2) is 59.1 Å². The summed E-state index contributed by atoms with van der Waals surface area (Å²) in [4.78, 5) is 42.4. The second kappa shape index (κ2) is 8.06. The van der Waals surface area contributed by atoms with Gasteiger partial charge in [-0.05, 0) is 76.2 Å².